The van der Waals surface area contributed by atoms with Gasteiger partial charge in [-0.2, -0.15) is 0 Å². The lowest BCUT2D eigenvalue weighted by molar-refractivity contribution is 0.487. The molecule has 0 spiro atoms. The summed E-state index contributed by atoms with van der Waals surface area (Å²) in [4.78, 5) is 4.58. The third kappa shape index (κ3) is 2.83. The predicted molar refractivity (Wildman–Crippen MR) is 71.5 cm³/mol. The third-order valence-corrected chi connectivity index (χ3v) is 2.73. The highest BCUT2D eigenvalue weighted by Gasteiger charge is 2.12. The van der Waals surface area contributed by atoms with Gasteiger partial charge in [0.2, 0.25) is 0 Å². The number of terminal acetylenes is 1. The highest BCUT2D eigenvalue weighted by atomic mass is 15.0. The fraction of sp³-hybridized carbons (Fsp3) is 0.267. The second-order valence-corrected chi connectivity index (χ2v) is 4.62. The van der Waals surface area contributed by atoms with Crippen LogP contribution in [0.5, 0.6) is 0 Å². The molecule has 0 amide bonds. The van der Waals surface area contributed by atoms with Gasteiger partial charge in [-0.3, -0.25) is 10.3 Å². The molecule has 1 aromatic carbocycles. The van der Waals surface area contributed by atoms with E-state index in [4.69, 9.17) is 6.42 Å². The van der Waals surface area contributed by atoms with Gasteiger partial charge in [0.1, 0.15) is 0 Å². The lowest BCUT2D eigenvalue weighted by atomic mass is 10.1. The van der Waals surface area contributed by atoms with Crippen LogP contribution in [0.4, 0.5) is 0 Å². The van der Waals surface area contributed by atoms with Crippen molar-refractivity contribution in [1.82, 2.24) is 10.3 Å². The second-order valence-electron chi connectivity index (χ2n) is 4.62. The van der Waals surface area contributed by atoms with E-state index in [-0.39, 0.29) is 5.54 Å². The molecule has 0 unspecified atom stereocenters. The van der Waals surface area contributed by atoms with Gasteiger partial charge in [0.05, 0.1) is 16.7 Å². The number of para-hydroxylation sites is 1. The summed E-state index contributed by atoms with van der Waals surface area (Å²) in [6, 6.07) is 12.2. The zero-order valence-corrected chi connectivity index (χ0v) is 10.2. The van der Waals surface area contributed by atoms with E-state index in [1.54, 1.807) is 0 Å². The van der Waals surface area contributed by atoms with E-state index >= 15 is 0 Å². The van der Waals surface area contributed by atoms with Crippen LogP contribution < -0.4 is 5.32 Å². The van der Waals surface area contributed by atoms with Crippen molar-refractivity contribution in [2.45, 2.75) is 25.9 Å². The fourth-order valence-corrected chi connectivity index (χ4v) is 1.57. The summed E-state index contributed by atoms with van der Waals surface area (Å²) in [6.45, 7) is 4.64. The van der Waals surface area contributed by atoms with E-state index < -0.39 is 0 Å². The Balaban J connectivity index is 2.18. The van der Waals surface area contributed by atoms with E-state index in [2.05, 4.69) is 28.4 Å². The monoisotopic (exact) mass is 224 g/mol. The van der Waals surface area contributed by atoms with Crippen LogP contribution in [0.25, 0.3) is 10.9 Å². The number of benzene rings is 1. The zero-order chi connectivity index (χ0) is 12.3. The highest BCUT2D eigenvalue weighted by Crippen LogP contribution is 2.12. The molecule has 0 saturated carbocycles. The normalized spacial score (nSPS) is 11.4. The Morgan fingerprint density at radius 2 is 2.00 bits per heavy atom. The van der Waals surface area contributed by atoms with Gasteiger partial charge in [0.15, 0.2) is 0 Å². The molecule has 1 N–H and O–H groups in total. The van der Waals surface area contributed by atoms with Crippen LogP contribution >= 0.6 is 0 Å². The van der Waals surface area contributed by atoms with Crippen molar-refractivity contribution in [3.8, 4) is 12.3 Å². The van der Waals surface area contributed by atoms with Gasteiger partial charge in [0, 0.05) is 11.9 Å². The Bertz CT molecular complexity index is 564. The van der Waals surface area contributed by atoms with Gasteiger partial charge < -0.3 is 0 Å². The standard InChI is InChI=1S/C15H16N2/c1-4-15(2,3)16-11-13-10-9-12-7-5-6-8-14(12)17-13/h1,5-10,16H,11H2,2-3H3. The third-order valence-electron chi connectivity index (χ3n) is 2.73. The van der Waals surface area contributed by atoms with E-state index in [1.165, 1.54) is 0 Å². The molecule has 0 atom stereocenters. The van der Waals surface area contributed by atoms with Crippen LogP contribution in [-0.2, 0) is 6.54 Å². The summed E-state index contributed by atoms with van der Waals surface area (Å²) < 4.78 is 0. The molecular formula is C15H16N2. The largest absolute Gasteiger partial charge is 0.296 e. The Labute approximate surface area is 102 Å². The number of pyridine rings is 1. The summed E-state index contributed by atoms with van der Waals surface area (Å²) in [7, 11) is 0. The van der Waals surface area contributed by atoms with E-state index in [0.29, 0.717) is 6.54 Å². The van der Waals surface area contributed by atoms with Crippen molar-refractivity contribution in [2.24, 2.45) is 0 Å². The smallest absolute Gasteiger partial charge is 0.0744 e. The van der Waals surface area contributed by atoms with Crippen molar-refractivity contribution in [3.63, 3.8) is 0 Å². The van der Waals surface area contributed by atoms with E-state index in [0.717, 1.165) is 16.6 Å². The second kappa shape index (κ2) is 4.57. The van der Waals surface area contributed by atoms with Gasteiger partial charge in [0.25, 0.3) is 0 Å². The Hall–Kier alpha value is -1.85. The van der Waals surface area contributed by atoms with Crippen molar-refractivity contribution in [1.29, 1.82) is 0 Å². The van der Waals surface area contributed by atoms with Crippen LogP contribution in [0.3, 0.4) is 0 Å². The molecule has 0 aliphatic rings. The Morgan fingerprint density at radius 1 is 1.24 bits per heavy atom. The number of nitrogens with one attached hydrogen (secondary N) is 1. The maximum Gasteiger partial charge on any atom is 0.0744 e. The average molecular weight is 224 g/mol. The first-order valence-corrected chi connectivity index (χ1v) is 5.68. The van der Waals surface area contributed by atoms with E-state index in [1.807, 2.05) is 38.1 Å². The first kappa shape index (κ1) is 11.6. The number of hydrogen-bond donors (Lipinski definition) is 1. The minimum Gasteiger partial charge on any atom is -0.296 e. The first-order valence-electron chi connectivity index (χ1n) is 5.68. The van der Waals surface area contributed by atoms with Gasteiger partial charge >= 0.3 is 0 Å². The summed E-state index contributed by atoms with van der Waals surface area (Å²) >= 11 is 0. The van der Waals surface area contributed by atoms with Gasteiger partial charge in [-0.25, -0.2) is 0 Å². The Kier molecular flexibility index (Phi) is 3.12. The van der Waals surface area contributed by atoms with Crippen LogP contribution in [-0.4, -0.2) is 10.5 Å². The zero-order valence-electron chi connectivity index (χ0n) is 10.2. The molecule has 2 nitrogen and oxygen atoms in total. The molecule has 0 radical (unpaired) electrons. The molecule has 0 fully saturated rings. The molecule has 0 aliphatic heterocycles. The molecule has 0 bridgehead atoms. The lowest BCUT2D eigenvalue weighted by Gasteiger charge is -2.19. The average Bonchev–Trinajstić information content (AvgIpc) is 2.36. The van der Waals surface area contributed by atoms with Crippen molar-refractivity contribution in [3.05, 3.63) is 42.1 Å². The summed E-state index contributed by atoms with van der Waals surface area (Å²) in [5.41, 5.74) is 1.73. The highest BCUT2D eigenvalue weighted by molar-refractivity contribution is 5.78. The summed E-state index contributed by atoms with van der Waals surface area (Å²) in [5, 5.41) is 4.45. The molecule has 0 saturated heterocycles. The molecule has 2 heteroatoms. The molecule has 2 rings (SSSR count). The topological polar surface area (TPSA) is 24.9 Å². The van der Waals surface area contributed by atoms with Crippen LogP contribution in [0.15, 0.2) is 36.4 Å². The first-order chi connectivity index (χ1) is 8.11. The molecule has 2 aromatic rings. The minimum atomic E-state index is -0.298. The maximum atomic E-state index is 5.43. The summed E-state index contributed by atoms with van der Waals surface area (Å²) in [5.74, 6) is 2.71. The summed E-state index contributed by atoms with van der Waals surface area (Å²) in [6.07, 6.45) is 5.43. The SMILES string of the molecule is C#CC(C)(C)NCc1ccc2ccccc2n1. The number of aromatic nitrogens is 1. The van der Waals surface area contributed by atoms with Gasteiger partial charge in [-0.05, 0) is 26.0 Å². The molecule has 0 aliphatic carbocycles. The molecular weight excluding hydrogens is 208 g/mol. The lowest BCUT2D eigenvalue weighted by Crippen LogP contribution is -2.37. The van der Waals surface area contributed by atoms with Crippen molar-refractivity contribution < 1.29 is 0 Å². The molecule has 86 valence electrons. The quantitative estimate of drug-likeness (QED) is 0.811. The predicted octanol–water partition coefficient (Wildman–Crippen LogP) is 2.74. The molecule has 1 aromatic heterocycles. The minimum absolute atomic E-state index is 0.298. The van der Waals surface area contributed by atoms with Crippen LogP contribution in [0.1, 0.15) is 19.5 Å². The van der Waals surface area contributed by atoms with Gasteiger partial charge in [-0.15, -0.1) is 6.42 Å². The van der Waals surface area contributed by atoms with Crippen LogP contribution in [0, 0.1) is 12.3 Å². The van der Waals surface area contributed by atoms with Gasteiger partial charge in [-0.1, -0.05) is 30.2 Å². The van der Waals surface area contributed by atoms with Crippen molar-refractivity contribution >= 4 is 10.9 Å². The Morgan fingerprint density at radius 3 is 2.76 bits per heavy atom. The molecule has 17 heavy (non-hydrogen) atoms. The number of hydrogen-bond acceptors (Lipinski definition) is 2. The molecule has 1 heterocycles. The number of rotatable bonds is 3. The fourth-order valence-electron chi connectivity index (χ4n) is 1.57. The maximum absolute atomic E-state index is 5.43. The van der Waals surface area contributed by atoms with Crippen LogP contribution in [0.2, 0.25) is 0 Å². The van der Waals surface area contributed by atoms with E-state index in [9.17, 15) is 0 Å². The number of fused-ring (bicyclic) bond motifs is 1. The number of nitrogens with zero attached hydrogens (tertiary/aromatic N) is 1. The van der Waals surface area contributed by atoms with Crippen molar-refractivity contribution in [2.75, 3.05) is 0 Å².